The van der Waals surface area contributed by atoms with Crippen LogP contribution in [0.4, 0.5) is 0 Å². The van der Waals surface area contributed by atoms with Crippen LogP contribution in [0.2, 0.25) is 0 Å². The van der Waals surface area contributed by atoms with E-state index in [1.165, 1.54) is 17.7 Å². The molecule has 2 heterocycles. The fraction of sp³-hybridized carbons (Fsp3) is 0.500. The zero-order valence-electron chi connectivity index (χ0n) is 5.98. The Morgan fingerprint density at radius 3 is 3.30 bits per heavy atom. The van der Waals surface area contributed by atoms with Crippen LogP contribution in [0.3, 0.4) is 0 Å². The SMILES string of the molecule is C1=CC2=C(CNCC2)NC1. The van der Waals surface area contributed by atoms with Crippen molar-refractivity contribution < 1.29 is 0 Å². The number of rotatable bonds is 0. The molecule has 2 nitrogen and oxygen atoms in total. The molecular formula is C8H12N2. The summed E-state index contributed by atoms with van der Waals surface area (Å²) in [4.78, 5) is 0. The Morgan fingerprint density at radius 2 is 2.40 bits per heavy atom. The van der Waals surface area contributed by atoms with Gasteiger partial charge in [0.25, 0.3) is 0 Å². The van der Waals surface area contributed by atoms with Crippen molar-refractivity contribution in [1.82, 2.24) is 10.6 Å². The summed E-state index contributed by atoms with van der Waals surface area (Å²) >= 11 is 0. The predicted octanol–water partition coefficient (Wildman–Crippen LogP) is 0.393. The second kappa shape index (κ2) is 2.46. The third-order valence-electron chi connectivity index (χ3n) is 2.01. The van der Waals surface area contributed by atoms with Crippen molar-refractivity contribution in [3.8, 4) is 0 Å². The van der Waals surface area contributed by atoms with Gasteiger partial charge in [0.1, 0.15) is 0 Å². The highest BCUT2D eigenvalue weighted by Crippen LogP contribution is 2.13. The second-order valence-corrected chi connectivity index (χ2v) is 2.71. The minimum absolute atomic E-state index is 1.00. The molecule has 0 saturated heterocycles. The molecule has 54 valence electrons. The standard InChI is InChI=1S/C8H12N2/c1-2-7-3-5-9-6-8(7)10-4-1/h1-2,9-10H,3-6H2. The highest BCUT2D eigenvalue weighted by Gasteiger charge is 2.10. The quantitative estimate of drug-likeness (QED) is 0.503. The molecule has 0 fully saturated rings. The van der Waals surface area contributed by atoms with Crippen molar-refractivity contribution in [2.24, 2.45) is 0 Å². The average Bonchev–Trinajstić information content (AvgIpc) is 2.05. The van der Waals surface area contributed by atoms with E-state index in [4.69, 9.17) is 0 Å². The maximum absolute atomic E-state index is 3.35. The lowest BCUT2D eigenvalue weighted by molar-refractivity contribution is 0.638. The van der Waals surface area contributed by atoms with Crippen molar-refractivity contribution in [3.63, 3.8) is 0 Å². The lowest BCUT2D eigenvalue weighted by Crippen LogP contribution is -2.33. The first-order valence-electron chi connectivity index (χ1n) is 3.80. The van der Waals surface area contributed by atoms with Crippen LogP contribution in [0.15, 0.2) is 23.4 Å². The van der Waals surface area contributed by atoms with Crippen LogP contribution in [-0.2, 0) is 0 Å². The molecule has 0 aliphatic carbocycles. The number of nitrogens with one attached hydrogen (secondary N) is 2. The van der Waals surface area contributed by atoms with E-state index in [1.807, 2.05) is 0 Å². The van der Waals surface area contributed by atoms with E-state index in [0.717, 1.165) is 19.6 Å². The third-order valence-corrected chi connectivity index (χ3v) is 2.01. The molecule has 0 bridgehead atoms. The van der Waals surface area contributed by atoms with Crippen LogP contribution < -0.4 is 10.6 Å². The molecule has 0 atom stereocenters. The molecule has 2 heteroatoms. The van der Waals surface area contributed by atoms with Gasteiger partial charge in [-0.3, -0.25) is 0 Å². The maximum Gasteiger partial charge on any atom is 0.0357 e. The van der Waals surface area contributed by atoms with Gasteiger partial charge in [0.15, 0.2) is 0 Å². The topological polar surface area (TPSA) is 24.1 Å². The molecule has 0 unspecified atom stereocenters. The molecule has 2 aliphatic rings. The van der Waals surface area contributed by atoms with Crippen LogP contribution in [-0.4, -0.2) is 19.6 Å². The minimum Gasteiger partial charge on any atom is -0.384 e. The molecule has 0 aromatic rings. The Kier molecular flexibility index (Phi) is 1.47. The lowest BCUT2D eigenvalue weighted by atomic mass is 10.0. The summed E-state index contributed by atoms with van der Waals surface area (Å²) in [6.07, 6.45) is 5.61. The molecule has 0 spiro atoms. The largest absolute Gasteiger partial charge is 0.384 e. The van der Waals surface area contributed by atoms with Crippen LogP contribution in [0.5, 0.6) is 0 Å². The number of hydrogen-bond acceptors (Lipinski definition) is 2. The summed E-state index contributed by atoms with van der Waals surface area (Å²) < 4.78 is 0. The Bertz CT molecular complexity index is 191. The zero-order chi connectivity index (χ0) is 6.81. The maximum atomic E-state index is 3.35. The van der Waals surface area contributed by atoms with E-state index in [9.17, 15) is 0 Å². The average molecular weight is 136 g/mol. The van der Waals surface area contributed by atoms with Crippen molar-refractivity contribution in [2.45, 2.75) is 6.42 Å². The molecule has 10 heavy (non-hydrogen) atoms. The molecule has 0 aromatic heterocycles. The van der Waals surface area contributed by atoms with Crippen LogP contribution in [0.1, 0.15) is 6.42 Å². The van der Waals surface area contributed by atoms with E-state index in [1.54, 1.807) is 0 Å². The van der Waals surface area contributed by atoms with Crippen LogP contribution in [0, 0.1) is 0 Å². The minimum atomic E-state index is 1.00. The van der Waals surface area contributed by atoms with Gasteiger partial charge < -0.3 is 10.6 Å². The summed E-state index contributed by atoms with van der Waals surface area (Å²) in [6, 6.07) is 0. The Labute approximate surface area is 61.0 Å². The van der Waals surface area contributed by atoms with E-state index in [2.05, 4.69) is 22.8 Å². The van der Waals surface area contributed by atoms with Gasteiger partial charge in [0, 0.05) is 18.8 Å². The summed E-state index contributed by atoms with van der Waals surface area (Å²) in [7, 11) is 0. The van der Waals surface area contributed by atoms with Gasteiger partial charge in [-0.05, 0) is 18.5 Å². The Balaban J connectivity index is 2.23. The van der Waals surface area contributed by atoms with E-state index >= 15 is 0 Å². The molecule has 2 aliphatic heterocycles. The van der Waals surface area contributed by atoms with E-state index in [-0.39, 0.29) is 0 Å². The highest BCUT2D eigenvalue weighted by atomic mass is 15.0. The van der Waals surface area contributed by atoms with Gasteiger partial charge in [-0.1, -0.05) is 12.2 Å². The fourth-order valence-electron chi connectivity index (χ4n) is 1.44. The second-order valence-electron chi connectivity index (χ2n) is 2.71. The van der Waals surface area contributed by atoms with E-state index < -0.39 is 0 Å². The first kappa shape index (κ1) is 5.98. The Morgan fingerprint density at radius 1 is 1.40 bits per heavy atom. The molecule has 0 aromatic carbocycles. The summed E-state index contributed by atoms with van der Waals surface area (Å²) in [6.45, 7) is 3.16. The third kappa shape index (κ3) is 0.948. The van der Waals surface area contributed by atoms with Gasteiger partial charge in [0.2, 0.25) is 0 Å². The van der Waals surface area contributed by atoms with Gasteiger partial charge in [-0.15, -0.1) is 0 Å². The molecular weight excluding hydrogens is 124 g/mol. The predicted molar refractivity (Wildman–Crippen MR) is 41.7 cm³/mol. The van der Waals surface area contributed by atoms with Crippen LogP contribution in [0.25, 0.3) is 0 Å². The fourth-order valence-corrected chi connectivity index (χ4v) is 1.44. The summed E-state index contributed by atoms with van der Waals surface area (Å²) in [5.41, 5.74) is 2.89. The van der Waals surface area contributed by atoms with Crippen molar-refractivity contribution in [2.75, 3.05) is 19.6 Å². The number of allylic oxidation sites excluding steroid dienone is 1. The Hall–Kier alpha value is -0.760. The molecule has 2 N–H and O–H groups in total. The van der Waals surface area contributed by atoms with Crippen molar-refractivity contribution >= 4 is 0 Å². The zero-order valence-corrected chi connectivity index (χ0v) is 5.98. The first-order chi connectivity index (χ1) is 4.97. The van der Waals surface area contributed by atoms with Gasteiger partial charge in [0.05, 0.1) is 0 Å². The van der Waals surface area contributed by atoms with Gasteiger partial charge in [-0.25, -0.2) is 0 Å². The molecule has 2 rings (SSSR count). The van der Waals surface area contributed by atoms with E-state index in [0.29, 0.717) is 0 Å². The molecule has 0 radical (unpaired) electrons. The van der Waals surface area contributed by atoms with Gasteiger partial charge in [-0.2, -0.15) is 0 Å². The normalized spacial score (nSPS) is 24.0. The van der Waals surface area contributed by atoms with Crippen molar-refractivity contribution in [1.29, 1.82) is 0 Å². The highest BCUT2D eigenvalue weighted by molar-refractivity contribution is 5.31. The number of dihydropyridines is 1. The first-order valence-corrected chi connectivity index (χ1v) is 3.80. The number of hydrogen-bond donors (Lipinski definition) is 2. The van der Waals surface area contributed by atoms with Crippen molar-refractivity contribution in [3.05, 3.63) is 23.4 Å². The monoisotopic (exact) mass is 136 g/mol. The summed E-state index contributed by atoms with van der Waals surface area (Å²) in [5, 5.41) is 6.68. The van der Waals surface area contributed by atoms with Gasteiger partial charge >= 0.3 is 0 Å². The smallest absolute Gasteiger partial charge is 0.0357 e. The molecule has 0 saturated carbocycles. The van der Waals surface area contributed by atoms with Crippen LogP contribution >= 0.6 is 0 Å². The molecule has 0 amide bonds. The summed E-state index contributed by atoms with van der Waals surface area (Å²) in [5.74, 6) is 0. The lowest BCUT2D eigenvalue weighted by Gasteiger charge is -2.22.